The van der Waals surface area contributed by atoms with E-state index >= 15 is 4.39 Å². The lowest BCUT2D eigenvalue weighted by Gasteiger charge is -2.37. The fraction of sp³-hybridized carbons (Fsp3) is 0.579. The van der Waals surface area contributed by atoms with Crippen LogP contribution >= 0.6 is 0 Å². The molecule has 0 amide bonds. The molecule has 0 spiro atoms. The van der Waals surface area contributed by atoms with Gasteiger partial charge in [0.1, 0.15) is 5.60 Å². The van der Waals surface area contributed by atoms with Gasteiger partial charge in [-0.05, 0) is 40.7 Å². The van der Waals surface area contributed by atoms with Crippen molar-refractivity contribution in [2.75, 3.05) is 18.0 Å². The van der Waals surface area contributed by atoms with E-state index in [0.717, 1.165) is 0 Å². The third-order valence-electron chi connectivity index (χ3n) is 4.27. The molecule has 0 bridgehead atoms. The zero-order chi connectivity index (χ0) is 20.6. The minimum Gasteiger partial charge on any atom is -0.429 e. The van der Waals surface area contributed by atoms with Crippen LogP contribution in [0.5, 0.6) is 5.75 Å². The molecule has 1 aromatic carbocycles. The number of ether oxygens (including phenoxy) is 3. The molecule has 2 aliphatic rings. The smallest absolute Gasteiger partial charge is 0.429 e. The Morgan fingerprint density at radius 3 is 2.54 bits per heavy atom. The van der Waals surface area contributed by atoms with E-state index in [1.165, 1.54) is 6.07 Å². The monoisotopic (exact) mass is 396 g/mol. The first-order valence-electron chi connectivity index (χ1n) is 9.13. The number of hydrogen-bond acceptors (Lipinski definition) is 8. The number of benzene rings is 1. The van der Waals surface area contributed by atoms with Crippen molar-refractivity contribution in [1.29, 1.82) is 0 Å². The van der Waals surface area contributed by atoms with Gasteiger partial charge in [0.05, 0.1) is 23.5 Å². The summed E-state index contributed by atoms with van der Waals surface area (Å²) in [5, 5.41) is 0. The van der Waals surface area contributed by atoms with E-state index in [2.05, 4.69) is 5.48 Å². The average Bonchev–Trinajstić information content (AvgIpc) is 2.94. The summed E-state index contributed by atoms with van der Waals surface area (Å²) in [7, 11) is 0. The Balaban J connectivity index is 1.90. The van der Waals surface area contributed by atoms with Gasteiger partial charge in [-0.2, -0.15) is 0 Å². The molecule has 3 atom stereocenters. The highest BCUT2D eigenvalue weighted by molar-refractivity contribution is 5.87. The number of nitrogens with one attached hydrogen (secondary N) is 1. The fourth-order valence-corrected chi connectivity index (χ4v) is 3.37. The van der Waals surface area contributed by atoms with Crippen LogP contribution < -0.4 is 15.2 Å². The van der Waals surface area contributed by atoms with Gasteiger partial charge < -0.3 is 23.9 Å². The SMILES string of the molecule is C[C@@H]1CN(c2c(C=O)cc3c(c2F)ONC3OC(=O)OC(C)(C)C)C[C@H](C)O1. The van der Waals surface area contributed by atoms with Gasteiger partial charge in [-0.1, -0.05) is 0 Å². The van der Waals surface area contributed by atoms with Crippen LogP contribution in [-0.4, -0.2) is 43.3 Å². The van der Waals surface area contributed by atoms with Crippen molar-refractivity contribution in [3.05, 3.63) is 23.0 Å². The molecule has 0 radical (unpaired) electrons. The van der Waals surface area contributed by atoms with Crippen molar-refractivity contribution in [1.82, 2.24) is 5.48 Å². The molecule has 1 aromatic rings. The maximum atomic E-state index is 15.3. The molecule has 1 saturated heterocycles. The Morgan fingerprint density at radius 2 is 1.96 bits per heavy atom. The number of anilines is 1. The van der Waals surface area contributed by atoms with Gasteiger partial charge in [-0.3, -0.25) is 4.79 Å². The minimum atomic E-state index is -1.09. The van der Waals surface area contributed by atoms with E-state index in [0.29, 0.717) is 19.4 Å². The summed E-state index contributed by atoms with van der Waals surface area (Å²) in [5.41, 5.74) is 2.21. The maximum Gasteiger partial charge on any atom is 0.510 e. The highest BCUT2D eigenvalue weighted by Crippen LogP contribution is 2.41. The summed E-state index contributed by atoms with van der Waals surface area (Å²) in [6.45, 7) is 9.73. The number of aldehydes is 1. The van der Waals surface area contributed by atoms with Crippen LogP contribution in [0.1, 0.15) is 56.8 Å². The number of halogens is 1. The van der Waals surface area contributed by atoms with E-state index in [1.54, 1.807) is 25.7 Å². The largest absolute Gasteiger partial charge is 0.510 e. The van der Waals surface area contributed by atoms with Crippen LogP contribution in [0, 0.1) is 5.82 Å². The predicted molar refractivity (Wildman–Crippen MR) is 97.8 cm³/mol. The molecule has 1 unspecified atom stereocenters. The molecular formula is C19H25FN2O6. The lowest BCUT2D eigenvalue weighted by molar-refractivity contribution is -0.0504. The highest BCUT2D eigenvalue weighted by Gasteiger charge is 2.36. The van der Waals surface area contributed by atoms with Crippen LogP contribution in [0.3, 0.4) is 0 Å². The Kier molecular flexibility index (Phi) is 5.49. The van der Waals surface area contributed by atoms with E-state index in [4.69, 9.17) is 19.0 Å². The molecule has 2 heterocycles. The van der Waals surface area contributed by atoms with Crippen molar-refractivity contribution >= 4 is 18.1 Å². The third kappa shape index (κ3) is 4.20. The van der Waals surface area contributed by atoms with Crippen LogP contribution in [0.25, 0.3) is 0 Å². The van der Waals surface area contributed by atoms with Crippen molar-refractivity contribution in [3.63, 3.8) is 0 Å². The van der Waals surface area contributed by atoms with Gasteiger partial charge in [0.15, 0.2) is 17.9 Å². The van der Waals surface area contributed by atoms with Crippen molar-refractivity contribution in [2.24, 2.45) is 0 Å². The van der Waals surface area contributed by atoms with Crippen molar-refractivity contribution in [2.45, 2.75) is 58.7 Å². The summed E-state index contributed by atoms with van der Waals surface area (Å²) in [6, 6.07) is 1.46. The number of hydroxylamine groups is 1. The van der Waals surface area contributed by atoms with Crippen molar-refractivity contribution in [3.8, 4) is 5.75 Å². The van der Waals surface area contributed by atoms with E-state index in [1.807, 2.05) is 13.8 Å². The first-order valence-corrected chi connectivity index (χ1v) is 9.13. The summed E-state index contributed by atoms with van der Waals surface area (Å²) < 4.78 is 31.2. The zero-order valence-corrected chi connectivity index (χ0v) is 16.6. The molecule has 9 heteroatoms. The second kappa shape index (κ2) is 7.56. The summed E-state index contributed by atoms with van der Waals surface area (Å²) >= 11 is 0. The molecule has 28 heavy (non-hydrogen) atoms. The number of morpholine rings is 1. The number of hydrogen-bond donors (Lipinski definition) is 1. The number of fused-ring (bicyclic) bond motifs is 1. The highest BCUT2D eigenvalue weighted by atomic mass is 19.1. The minimum absolute atomic E-state index is 0.110. The van der Waals surface area contributed by atoms with Gasteiger partial charge >= 0.3 is 6.16 Å². The van der Waals surface area contributed by atoms with Gasteiger partial charge in [0.25, 0.3) is 0 Å². The van der Waals surface area contributed by atoms with Gasteiger partial charge in [-0.25, -0.2) is 9.18 Å². The topological polar surface area (TPSA) is 86.3 Å². The predicted octanol–water partition coefficient (Wildman–Crippen LogP) is 3.10. The molecule has 0 saturated carbocycles. The van der Waals surface area contributed by atoms with Gasteiger partial charge in [0.2, 0.25) is 6.23 Å². The molecule has 0 aromatic heterocycles. The van der Waals surface area contributed by atoms with Crippen molar-refractivity contribution < 1.29 is 33.0 Å². The average molecular weight is 396 g/mol. The Bertz CT molecular complexity index is 769. The first kappa shape index (κ1) is 20.3. The van der Waals surface area contributed by atoms with E-state index in [-0.39, 0.29) is 34.8 Å². The van der Waals surface area contributed by atoms with Crippen LogP contribution in [0.2, 0.25) is 0 Å². The Morgan fingerprint density at radius 1 is 1.32 bits per heavy atom. The van der Waals surface area contributed by atoms with Gasteiger partial charge in [0, 0.05) is 18.7 Å². The second-order valence-electron chi connectivity index (χ2n) is 8.01. The number of carbonyl (C=O) groups is 2. The maximum absolute atomic E-state index is 15.3. The number of carbonyl (C=O) groups excluding carboxylic acids is 2. The molecule has 1 fully saturated rings. The first-order chi connectivity index (χ1) is 13.1. The van der Waals surface area contributed by atoms with Crippen LogP contribution in [0.15, 0.2) is 6.07 Å². The molecule has 154 valence electrons. The van der Waals surface area contributed by atoms with Crippen LogP contribution in [0.4, 0.5) is 14.9 Å². The number of nitrogens with zero attached hydrogens (tertiary/aromatic N) is 1. The van der Waals surface area contributed by atoms with Crippen LogP contribution in [-0.2, 0) is 14.2 Å². The molecule has 3 rings (SSSR count). The summed E-state index contributed by atoms with van der Waals surface area (Å²) in [6.07, 6.45) is -1.67. The molecule has 1 N–H and O–H groups in total. The third-order valence-corrected chi connectivity index (χ3v) is 4.27. The second-order valence-corrected chi connectivity index (χ2v) is 8.01. The molecule has 2 aliphatic heterocycles. The lowest BCUT2D eigenvalue weighted by atomic mass is 10.0. The fourth-order valence-electron chi connectivity index (χ4n) is 3.37. The summed E-state index contributed by atoms with van der Waals surface area (Å²) in [5.74, 6) is -0.801. The molecule has 8 nitrogen and oxygen atoms in total. The standard InChI is InChI=1S/C19H25FN2O6/c1-10-7-22(8-11(2)25-10)15-12(9-23)6-13-16(14(15)20)28-21-17(13)26-18(24)27-19(3,4)5/h6,9-11,17,21H,7-8H2,1-5H3/t10-,11+,17?. The Labute approximate surface area is 162 Å². The Hall–Kier alpha value is -2.39. The lowest BCUT2D eigenvalue weighted by Crippen LogP contribution is -2.46. The quantitative estimate of drug-likeness (QED) is 0.616. The van der Waals surface area contributed by atoms with Gasteiger partial charge in [-0.15, -0.1) is 5.48 Å². The zero-order valence-electron chi connectivity index (χ0n) is 16.6. The normalized spacial score (nSPS) is 24.4. The van der Waals surface area contributed by atoms with E-state index < -0.39 is 23.8 Å². The molecular weight excluding hydrogens is 371 g/mol. The molecule has 0 aliphatic carbocycles. The summed E-state index contributed by atoms with van der Waals surface area (Å²) in [4.78, 5) is 30.6. The number of rotatable bonds is 3. The van der Waals surface area contributed by atoms with E-state index in [9.17, 15) is 9.59 Å².